The van der Waals surface area contributed by atoms with Gasteiger partial charge in [-0.05, 0) is 48.9 Å². The Morgan fingerprint density at radius 1 is 1.00 bits per heavy atom. The van der Waals surface area contributed by atoms with E-state index in [1.165, 1.54) is 24.4 Å². The molecule has 32 heavy (non-hydrogen) atoms. The summed E-state index contributed by atoms with van der Waals surface area (Å²) in [7, 11) is 0. The average Bonchev–Trinajstić information content (AvgIpc) is 2.69. The molecule has 0 fully saturated rings. The Kier molecular flexibility index (Phi) is 6.78. The summed E-state index contributed by atoms with van der Waals surface area (Å²) in [5.74, 6) is -3.51. The van der Waals surface area contributed by atoms with Gasteiger partial charge in [0.2, 0.25) is 0 Å². The molecule has 1 aromatic heterocycles. The van der Waals surface area contributed by atoms with Crippen molar-refractivity contribution in [3.63, 3.8) is 0 Å². The number of pyridine rings is 1. The summed E-state index contributed by atoms with van der Waals surface area (Å²) in [6.07, 6.45) is -3.24. The van der Waals surface area contributed by atoms with Gasteiger partial charge in [-0.3, -0.25) is 10.1 Å². The monoisotopic (exact) mass is 467 g/mol. The van der Waals surface area contributed by atoms with Crippen LogP contribution in [0.5, 0.6) is 0 Å². The number of anilines is 1. The molecule has 3 aromatic rings. The van der Waals surface area contributed by atoms with Crippen molar-refractivity contribution in [1.29, 1.82) is 0 Å². The van der Waals surface area contributed by atoms with Gasteiger partial charge in [-0.25, -0.2) is 18.6 Å². The molecule has 0 spiro atoms. The second-order valence-electron chi connectivity index (χ2n) is 6.48. The van der Waals surface area contributed by atoms with Crippen LogP contribution in [0.15, 0.2) is 64.6 Å². The van der Waals surface area contributed by atoms with Crippen molar-refractivity contribution >= 4 is 29.4 Å². The quantitative estimate of drug-likeness (QED) is 0.476. The minimum atomic E-state index is -4.47. The van der Waals surface area contributed by atoms with E-state index >= 15 is 0 Å². The number of hydrogen-bond donors (Lipinski definition) is 2. The van der Waals surface area contributed by atoms with E-state index in [1.54, 1.807) is 6.92 Å². The van der Waals surface area contributed by atoms with Crippen LogP contribution in [0.4, 0.5) is 32.4 Å². The molecule has 0 unspecified atom stereocenters. The zero-order valence-corrected chi connectivity index (χ0v) is 17.1. The first kappa shape index (κ1) is 23.2. The van der Waals surface area contributed by atoms with Crippen molar-refractivity contribution in [2.24, 2.45) is 0 Å². The number of carbonyl (C=O) groups excluding carboxylic acids is 2. The van der Waals surface area contributed by atoms with E-state index in [9.17, 15) is 31.5 Å². The van der Waals surface area contributed by atoms with Gasteiger partial charge < -0.3 is 5.32 Å². The van der Waals surface area contributed by atoms with Gasteiger partial charge in [0.05, 0.1) is 17.4 Å². The largest absolute Gasteiger partial charge is 0.416 e. The maximum absolute atomic E-state index is 13.6. The maximum Gasteiger partial charge on any atom is 0.416 e. The smallest absolute Gasteiger partial charge is 0.306 e. The van der Waals surface area contributed by atoms with Crippen LogP contribution in [0.1, 0.15) is 21.5 Å². The van der Waals surface area contributed by atoms with Crippen molar-refractivity contribution in [2.45, 2.75) is 23.0 Å². The summed E-state index contributed by atoms with van der Waals surface area (Å²) in [5, 5.41) is 4.52. The molecule has 3 rings (SSSR count). The highest BCUT2D eigenvalue weighted by atomic mass is 32.2. The second kappa shape index (κ2) is 9.35. The fraction of sp³-hybridized carbons (Fsp3) is 0.0952. The predicted octanol–water partition coefficient (Wildman–Crippen LogP) is 5.80. The van der Waals surface area contributed by atoms with Crippen LogP contribution >= 0.6 is 11.8 Å². The molecule has 2 N–H and O–H groups in total. The van der Waals surface area contributed by atoms with Crippen LogP contribution in [-0.4, -0.2) is 16.9 Å². The van der Waals surface area contributed by atoms with Gasteiger partial charge in [0, 0.05) is 4.90 Å². The number of carbonyl (C=O) groups is 2. The number of urea groups is 1. The Morgan fingerprint density at radius 3 is 2.28 bits per heavy atom. The van der Waals surface area contributed by atoms with E-state index in [0.29, 0.717) is 15.5 Å². The number of halogens is 5. The molecular formula is C21H14F5N3O2S. The topological polar surface area (TPSA) is 71.1 Å². The average molecular weight is 467 g/mol. The highest BCUT2D eigenvalue weighted by Crippen LogP contribution is 2.35. The van der Waals surface area contributed by atoms with Crippen molar-refractivity contribution < 1.29 is 31.5 Å². The zero-order chi connectivity index (χ0) is 23.5. The lowest BCUT2D eigenvalue weighted by Crippen LogP contribution is -2.35. The number of imide groups is 1. The Hall–Kier alpha value is -3.47. The lowest BCUT2D eigenvalue weighted by molar-refractivity contribution is -0.137. The summed E-state index contributed by atoms with van der Waals surface area (Å²) >= 11 is 1.01. The van der Waals surface area contributed by atoms with Gasteiger partial charge in [-0.1, -0.05) is 23.9 Å². The second-order valence-corrected chi connectivity index (χ2v) is 7.54. The minimum Gasteiger partial charge on any atom is -0.306 e. The highest BCUT2D eigenvalue weighted by molar-refractivity contribution is 7.99. The molecule has 3 amide bonds. The Bertz CT molecular complexity index is 1160. The molecule has 0 aliphatic carbocycles. The van der Waals surface area contributed by atoms with Crippen LogP contribution in [-0.2, 0) is 6.18 Å². The van der Waals surface area contributed by atoms with Crippen molar-refractivity contribution in [2.75, 3.05) is 5.32 Å². The summed E-state index contributed by atoms with van der Waals surface area (Å²) in [6.45, 7) is 1.63. The van der Waals surface area contributed by atoms with E-state index in [2.05, 4.69) is 10.3 Å². The van der Waals surface area contributed by atoms with Crippen LogP contribution in [0.25, 0.3) is 0 Å². The van der Waals surface area contributed by atoms with Crippen molar-refractivity contribution in [3.05, 3.63) is 83.1 Å². The summed E-state index contributed by atoms with van der Waals surface area (Å²) in [5.41, 5.74) is -0.984. The maximum atomic E-state index is 13.6. The molecule has 5 nitrogen and oxygen atoms in total. The Labute approximate surface area is 183 Å². The minimum absolute atomic E-state index is 0.162. The molecule has 11 heteroatoms. The van der Waals surface area contributed by atoms with E-state index < -0.39 is 40.9 Å². The number of aryl methyl sites for hydroxylation is 1. The van der Waals surface area contributed by atoms with Crippen LogP contribution in [0, 0.1) is 18.6 Å². The van der Waals surface area contributed by atoms with E-state index in [-0.39, 0.29) is 5.69 Å². The molecule has 166 valence electrons. The third-order valence-electron chi connectivity index (χ3n) is 4.08. The van der Waals surface area contributed by atoms with Crippen LogP contribution in [0.3, 0.4) is 0 Å². The van der Waals surface area contributed by atoms with Gasteiger partial charge in [0.25, 0.3) is 5.91 Å². The number of rotatable bonds is 4. The number of amides is 3. The van der Waals surface area contributed by atoms with Crippen LogP contribution in [0.2, 0.25) is 0 Å². The highest BCUT2D eigenvalue weighted by Gasteiger charge is 2.30. The fourth-order valence-corrected chi connectivity index (χ4v) is 3.51. The molecule has 2 aromatic carbocycles. The molecule has 1 heterocycles. The lowest BCUT2D eigenvalue weighted by Gasteiger charge is -2.11. The third kappa shape index (κ3) is 5.61. The SMILES string of the molecule is Cc1cc(NC(=O)NC(=O)c2c(F)cccc2F)cnc1Sc1cccc(C(F)(F)F)c1. The first-order valence-electron chi connectivity index (χ1n) is 8.92. The predicted molar refractivity (Wildman–Crippen MR) is 107 cm³/mol. The van der Waals surface area contributed by atoms with Gasteiger partial charge in [0.15, 0.2) is 0 Å². The number of benzene rings is 2. The summed E-state index contributed by atoms with van der Waals surface area (Å²) in [4.78, 5) is 28.4. The van der Waals surface area contributed by atoms with Crippen LogP contribution < -0.4 is 10.6 Å². The molecule has 0 bridgehead atoms. The summed E-state index contributed by atoms with van der Waals surface area (Å²) in [6, 6.07) is 8.03. The van der Waals surface area contributed by atoms with E-state index in [0.717, 1.165) is 42.1 Å². The molecule has 0 saturated heterocycles. The Balaban J connectivity index is 1.68. The van der Waals surface area contributed by atoms with Gasteiger partial charge >= 0.3 is 12.2 Å². The molecule has 0 saturated carbocycles. The van der Waals surface area contributed by atoms with Crippen molar-refractivity contribution in [3.8, 4) is 0 Å². The number of aromatic nitrogens is 1. The molecular weight excluding hydrogens is 453 g/mol. The standard InChI is InChI=1S/C21H14F5N3O2S/c1-11-8-13(28-20(31)29-18(30)17-15(22)6-3-7-16(17)23)10-27-19(11)32-14-5-2-4-12(9-14)21(24,25)26/h2-10H,1H3,(H2,28,29,30,31). The Morgan fingerprint density at radius 2 is 1.66 bits per heavy atom. The molecule has 0 aliphatic heterocycles. The van der Waals surface area contributed by atoms with Crippen molar-refractivity contribution in [1.82, 2.24) is 10.3 Å². The molecule has 0 aliphatic rings. The third-order valence-corrected chi connectivity index (χ3v) is 5.19. The number of nitrogens with zero attached hydrogens (tertiary/aromatic N) is 1. The lowest BCUT2D eigenvalue weighted by atomic mass is 10.2. The first-order chi connectivity index (χ1) is 15.0. The zero-order valence-electron chi connectivity index (χ0n) is 16.3. The van der Waals surface area contributed by atoms with Gasteiger partial charge in [-0.15, -0.1) is 0 Å². The molecule has 0 atom stereocenters. The molecule has 0 radical (unpaired) electrons. The number of hydrogen-bond acceptors (Lipinski definition) is 4. The van der Waals surface area contributed by atoms with Gasteiger partial charge in [0.1, 0.15) is 22.2 Å². The van der Waals surface area contributed by atoms with E-state index in [1.807, 2.05) is 5.32 Å². The first-order valence-corrected chi connectivity index (χ1v) is 9.74. The number of nitrogens with one attached hydrogen (secondary N) is 2. The van der Waals surface area contributed by atoms with Gasteiger partial charge in [-0.2, -0.15) is 13.2 Å². The normalized spacial score (nSPS) is 11.2. The van der Waals surface area contributed by atoms with E-state index in [4.69, 9.17) is 0 Å². The number of alkyl halides is 3. The summed E-state index contributed by atoms with van der Waals surface area (Å²) < 4.78 is 65.9. The fourth-order valence-electron chi connectivity index (χ4n) is 2.63.